The van der Waals surface area contributed by atoms with Crippen LogP contribution in [0.15, 0.2) is 12.2 Å². The van der Waals surface area contributed by atoms with Crippen molar-refractivity contribution < 1.29 is 19.1 Å². The van der Waals surface area contributed by atoms with Crippen LogP contribution in [0.5, 0.6) is 0 Å². The summed E-state index contributed by atoms with van der Waals surface area (Å²) in [6, 6.07) is 0. The molecule has 3 aliphatic rings. The fourth-order valence-electron chi connectivity index (χ4n) is 4.52. The Morgan fingerprint density at radius 2 is 1.95 bits per heavy atom. The molecule has 0 spiro atoms. The fraction of sp³-hybridized carbons (Fsp3) is 0.778. The summed E-state index contributed by atoms with van der Waals surface area (Å²) in [6.45, 7) is 14.5. The highest BCUT2D eigenvalue weighted by atomic mass is 16.6. The van der Waals surface area contributed by atoms with Crippen LogP contribution >= 0.6 is 0 Å². The number of esters is 1. The predicted molar refractivity (Wildman–Crippen MR) is 84.0 cm³/mol. The molecule has 0 radical (unpaired) electrons. The summed E-state index contributed by atoms with van der Waals surface area (Å²) in [5.74, 6) is 0.377. The van der Waals surface area contributed by atoms with Crippen LogP contribution in [-0.4, -0.2) is 24.6 Å². The van der Waals surface area contributed by atoms with Crippen LogP contribution in [0.4, 0.5) is 0 Å². The van der Waals surface area contributed by atoms with E-state index in [0.717, 1.165) is 19.3 Å². The van der Waals surface area contributed by atoms with E-state index in [0.29, 0.717) is 23.9 Å². The summed E-state index contributed by atoms with van der Waals surface area (Å²) in [7, 11) is 0. The predicted octanol–water partition coefficient (Wildman–Crippen LogP) is 3.50. The standard InChI is InChI=1S/C18H28O4/c1-11(2)16(20)22-15-14(21-10-19)17(6)7-8-18(15,12(3)4)9-13(17)5/h10,12-15H,1,7-9H2,2-6H3. The molecule has 0 saturated heterocycles. The number of hydrogen-bond acceptors (Lipinski definition) is 4. The van der Waals surface area contributed by atoms with Crippen molar-refractivity contribution >= 4 is 12.4 Å². The molecule has 3 saturated carbocycles. The zero-order chi connectivity index (χ0) is 16.7. The first-order valence-electron chi connectivity index (χ1n) is 8.14. The number of hydrogen-bond donors (Lipinski definition) is 0. The van der Waals surface area contributed by atoms with Crippen LogP contribution in [0.2, 0.25) is 0 Å². The molecule has 4 nitrogen and oxygen atoms in total. The highest BCUT2D eigenvalue weighted by Gasteiger charge is 2.65. The van der Waals surface area contributed by atoms with Gasteiger partial charge in [0.05, 0.1) is 0 Å². The maximum Gasteiger partial charge on any atom is 0.333 e. The monoisotopic (exact) mass is 308 g/mol. The van der Waals surface area contributed by atoms with Gasteiger partial charge in [-0.3, -0.25) is 4.79 Å². The first kappa shape index (κ1) is 17.0. The third kappa shape index (κ3) is 2.37. The van der Waals surface area contributed by atoms with Gasteiger partial charge < -0.3 is 9.47 Å². The molecule has 2 bridgehead atoms. The van der Waals surface area contributed by atoms with E-state index in [1.165, 1.54) is 0 Å². The van der Waals surface area contributed by atoms with E-state index in [4.69, 9.17) is 9.47 Å². The topological polar surface area (TPSA) is 52.6 Å². The Labute approximate surface area is 133 Å². The number of fused-ring (bicyclic) bond motifs is 3. The molecule has 0 aromatic carbocycles. The van der Waals surface area contributed by atoms with Gasteiger partial charge in [-0.05, 0) is 38.0 Å². The van der Waals surface area contributed by atoms with E-state index >= 15 is 0 Å². The summed E-state index contributed by atoms with van der Waals surface area (Å²) in [5.41, 5.74) is 0.108. The molecular weight excluding hydrogens is 280 g/mol. The maximum absolute atomic E-state index is 12.1. The normalized spacial score (nSPS) is 40.4. The molecule has 5 atom stereocenters. The molecule has 0 amide bonds. The molecule has 5 unspecified atom stereocenters. The Morgan fingerprint density at radius 3 is 2.41 bits per heavy atom. The summed E-state index contributed by atoms with van der Waals surface area (Å²) in [4.78, 5) is 23.2. The molecule has 0 aliphatic heterocycles. The first-order valence-corrected chi connectivity index (χ1v) is 8.14. The Morgan fingerprint density at radius 1 is 1.32 bits per heavy atom. The highest BCUT2D eigenvalue weighted by Crippen LogP contribution is 2.63. The summed E-state index contributed by atoms with van der Waals surface area (Å²) >= 11 is 0. The van der Waals surface area contributed by atoms with Crippen molar-refractivity contribution in [1.82, 2.24) is 0 Å². The lowest BCUT2D eigenvalue weighted by Gasteiger charge is -2.63. The van der Waals surface area contributed by atoms with E-state index < -0.39 is 12.1 Å². The molecule has 3 rings (SSSR count). The zero-order valence-corrected chi connectivity index (χ0v) is 14.3. The van der Waals surface area contributed by atoms with E-state index in [1.807, 2.05) is 0 Å². The second-order valence-corrected chi connectivity index (χ2v) is 7.76. The van der Waals surface area contributed by atoms with Gasteiger partial charge in [0.15, 0.2) is 0 Å². The number of carbonyl (C=O) groups excluding carboxylic acids is 2. The minimum atomic E-state index is -0.395. The Bertz CT molecular complexity index is 483. The second kappa shape index (κ2) is 5.71. The van der Waals surface area contributed by atoms with Crippen molar-refractivity contribution in [2.75, 3.05) is 0 Å². The highest BCUT2D eigenvalue weighted by molar-refractivity contribution is 5.87. The largest absolute Gasteiger partial charge is 0.460 e. The van der Waals surface area contributed by atoms with Gasteiger partial charge in [-0.25, -0.2) is 4.79 Å². The van der Waals surface area contributed by atoms with Gasteiger partial charge in [-0.1, -0.05) is 34.3 Å². The molecule has 124 valence electrons. The van der Waals surface area contributed by atoms with Crippen molar-refractivity contribution in [1.29, 1.82) is 0 Å². The van der Waals surface area contributed by atoms with Gasteiger partial charge in [-0.15, -0.1) is 0 Å². The lowest BCUT2D eigenvalue weighted by molar-refractivity contribution is -0.247. The molecule has 0 heterocycles. The Hall–Kier alpha value is -1.32. The van der Waals surface area contributed by atoms with Gasteiger partial charge in [-0.2, -0.15) is 0 Å². The zero-order valence-electron chi connectivity index (χ0n) is 14.3. The van der Waals surface area contributed by atoms with Crippen molar-refractivity contribution in [3.05, 3.63) is 12.2 Å². The van der Waals surface area contributed by atoms with Crippen molar-refractivity contribution in [3.8, 4) is 0 Å². The minimum Gasteiger partial charge on any atom is -0.460 e. The van der Waals surface area contributed by atoms with Gasteiger partial charge in [0.2, 0.25) is 0 Å². The molecule has 22 heavy (non-hydrogen) atoms. The van der Waals surface area contributed by atoms with Crippen LogP contribution in [-0.2, 0) is 19.1 Å². The number of rotatable bonds is 5. The van der Waals surface area contributed by atoms with Crippen LogP contribution in [0.25, 0.3) is 0 Å². The van der Waals surface area contributed by atoms with Crippen molar-refractivity contribution in [2.45, 2.75) is 66.1 Å². The molecular formula is C18H28O4. The summed E-state index contributed by atoms with van der Waals surface area (Å²) < 4.78 is 11.3. The van der Waals surface area contributed by atoms with Crippen molar-refractivity contribution in [2.24, 2.45) is 22.7 Å². The minimum absolute atomic E-state index is 0.129. The van der Waals surface area contributed by atoms with Gasteiger partial charge in [0.1, 0.15) is 12.2 Å². The average Bonchev–Trinajstić information content (AvgIpc) is 2.44. The molecule has 0 N–H and O–H groups in total. The molecule has 0 aromatic heterocycles. The van der Waals surface area contributed by atoms with Gasteiger partial charge in [0.25, 0.3) is 6.47 Å². The summed E-state index contributed by atoms with van der Waals surface area (Å²) in [6.07, 6.45) is 2.21. The molecule has 4 heteroatoms. The van der Waals surface area contributed by atoms with E-state index in [2.05, 4.69) is 34.3 Å². The van der Waals surface area contributed by atoms with Crippen LogP contribution in [0.3, 0.4) is 0 Å². The lowest BCUT2D eigenvalue weighted by atomic mass is 9.45. The Kier molecular flexibility index (Phi) is 4.42. The van der Waals surface area contributed by atoms with Gasteiger partial charge in [0, 0.05) is 16.4 Å². The van der Waals surface area contributed by atoms with E-state index in [1.54, 1.807) is 6.92 Å². The number of ether oxygens (including phenoxy) is 2. The summed E-state index contributed by atoms with van der Waals surface area (Å²) in [5, 5.41) is 0. The van der Waals surface area contributed by atoms with Crippen molar-refractivity contribution in [3.63, 3.8) is 0 Å². The maximum atomic E-state index is 12.1. The Balaban J connectivity index is 2.45. The SMILES string of the molecule is C=C(C)C(=O)OC1C(OC=O)C2(C)CCC1(C(C)C)CC2C. The second-order valence-electron chi connectivity index (χ2n) is 7.76. The third-order valence-corrected chi connectivity index (χ3v) is 6.37. The van der Waals surface area contributed by atoms with E-state index in [-0.39, 0.29) is 16.9 Å². The average molecular weight is 308 g/mol. The molecule has 0 aromatic rings. The fourth-order valence-corrected chi connectivity index (χ4v) is 4.52. The van der Waals surface area contributed by atoms with E-state index in [9.17, 15) is 9.59 Å². The first-order chi connectivity index (χ1) is 10.2. The van der Waals surface area contributed by atoms with Crippen LogP contribution in [0, 0.1) is 22.7 Å². The van der Waals surface area contributed by atoms with Gasteiger partial charge >= 0.3 is 5.97 Å². The lowest BCUT2D eigenvalue weighted by Crippen LogP contribution is -2.66. The molecule has 3 fully saturated rings. The van der Waals surface area contributed by atoms with Crippen LogP contribution in [0.1, 0.15) is 53.9 Å². The third-order valence-electron chi connectivity index (χ3n) is 6.37. The number of carbonyl (C=O) groups is 2. The van der Waals surface area contributed by atoms with Crippen LogP contribution < -0.4 is 0 Å². The smallest absolute Gasteiger partial charge is 0.333 e. The quantitative estimate of drug-likeness (QED) is 0.443. The molecule has 3 aliphatic carbocycles.